The zero-order valence-corrected chi connectivity index (χ0v) is 11.9. The highest BCUT2D eigenvalue weighted by Gasteiger charge is 2.44. The van der Waals surface area contributed by atoms with Crippen LogP contribution in [0.3, 0.4) is 0 Å². The van der Waals surface area contributed by atoms with Crippen molar-refractivity contribution in [3.8, 4) is 5.75 Å². The number of hydrogen-bond acceptors (Lipinski definition) is 2. The molecular weight excluding hydrogens is 238 g/mol. The van der Waals surface area contributed by atoms with Gasteiger partial charge in [-0.2, -0.15) is 0 Å². The van der Waals surface area contributed by atoms with E-state index in [4.69, 9.17) is 4.74 Å². The van der Waals surface area contributed by atoms with Gasteiger partial charge in [-0.1, -0.05) is 25.5 Å². The number of carbonyl (C=O) groups is 1. The normalized spacial score (nSPS) is 15.9. The molecule has 0 unspecified atom stereocenters. The fraction of sp³-hybridized carbons (Fsp3) is 0.562. The summed E-state index contributed by atoms with van der Waals surface area (Å²) in [6.45, 7) is 2.87. The maximum Gasteiger partial charge on any atom is 0.220 e. The molecule has 1 aliphatic rings. The fourth-order valence-electron chi connectivity index (χ4n) is 2.36. The van der Waals surface area contributed by atoms with Crippen molar-refractivity contribution < 1.29 is 9.53 Å². The van der Waals surface area contributed by atoms with Crippen LogP contribution in [0.5, 0.6) is 5.75 Å². The highest BCUT2D eigenvalue weighted by Crippen LogP contribution is 2.47. The van der Waals surface area contributed by atoms with Crippen LogP contribution in [-0.2, 0) is 10.2 Å². The van der Waals surface area contributed by atoms with Gasteiger partial charge in [-0.3, -0.25) is 4.79 Å². The molecule has 0 spiro atoms. The smallest absolute Gasteiger partial charge is 0.220 e. The second kappa shape index (κ2) is 6.09. The molecular formula is C16H23NO2. The van der Waals surface area contributed by atoms with Gasteiger partial charge >= 0.3 is 0 Å². The van der Waals surface area contributed by atoms with Crippen molar-refractivity contribution in [1.29, 1.82) is 0 Å². The zero-order valence-electron chi connectivity index (χ0n) is 11.9. The second-order valence-electron chi connectivity index (χ2n) is 5.39. The number of ether oxygens (including phenoxy) is 1. The average molecular weight is 261 g/mol. The first-order chi connectivity index (χ1) is 9.20. The van der Waals surface area contributed by atoms with Gasteiger partial charge in [0.05, 0.1) is 7.11 Å². The lowest BCUT2D eigenvalue weighted by Gasteiger charge is -2.17. The Morgan fingerprint density at radius 3 is 2.53 bits per heavy atom. The molecule has 1 saturated carbocycles. The maximum atomic E-state index is 11.7. The lowest BCUT2D eigenvalue weighted by Crippen LogP contribution is -2.32. The Balaban J connectivity index is 1.89. The van der Waals surface area contributed by atoms with E-state index >= 15 is 0 Å². The van der Waals surface area contributed by atoms with Crippen LogP contribution in [0.2, 0.25) is 0 Å². The monoisotopic (exact) mass is 261 g/mol. The number of amides is 1. The molecule has 104 valence electrons. The number of nitrogens with one attached hydrogen (secondary N) is 1. The molecule has 19 heavy (non-hydrogen) atoms. The van der Waals surface area contributed by atoms with E-state index in [0.717, 1.165) is 38.0 Å². The second-order valence-corrected chi connectivity index (χ2v) is 5.39. The van der Waals surface area contributed by atoms with Crippen LogP contribution in [0, 0.1) is 0 Å². The summed E-state index contributed by atoms with van der Waals surface area (Å²) in [5.41, 5.74) is 1.48. The Morgan fingerprint density at radius 1 is 1.32 bits per heavy atom. The summed E-state index contributed by atoms with van der Waals surface area (Å²) in [6, 6.07) is 8.22. The van der Waals surface area contributed by atoms with Crippen LogP contribution in [0.25, 0.3) is 0 Å². The summed E-state index contributed by atoms with van der Waals surface area (Å²) >= 11 is 0. The SMILES string of the molecule is CCCCC(=O)NCC1(c2ccc(OC)cc2)CC1. The first kappa shape index (κ1) is 13.9. The molecule has 0 atom stereocenters. The molecule has 3 nitrogen and oxygen atoms in total. The molecule has 1 aliphatic carbocycles. The van der Waals surface area contributed by atoms with Crippen LogP contribution in [0.15, 0.2) is 24.3 Å². The predicted octanol–water partition coefficient (Wildman–Crippen LogP) is 3.03. The average Bonchev–Trinajstić information content (AvgIpc) is 3.24. The van der Waals surface area contributed by atoms with Crippen LogP contribution in [-0.4, -0.2) is 19.6 Å². The highest BCUT2D eigenvalue weighted by atomic mass is 16.5. The van der Waals surface area contributed by atoms with E-state index in [-0.39, 0.29) is 11.3 Å². The molecule has 0 aliphatic heterocycles. The van der Waals surface area contributed by atoms with Crippen molar-refractivity contribution >= 4 is 5.91 Å². The van der Waals surface area contributed by atoms with Crippen LogP contribution < -0.4 is 10.1 Å². The molecule has 1 aromatic rings. The van der Waals surface area contributed by atoms with Crippen molar-refractivity contribution in [2.45, 2.75) is 44.4 Å². The summed E-state index contributed by atoms with van der Waals surface area (Å²) in [4.78, 5) is 11.7. The fourth-order valence-corrected chi connectivity index (χ4v) is 2.36. The van der Waals surface area contributed by atoms with Gasteiger partial charge in [0.25, 0.3) is 0 Å². The van der Waals surface area contributed by atoms with E-state index in [1.54, 1.807) is 7.11 Å². The van der Waals surface area contributed by atoms with E-state index in [2.05, 4.69) is 24.4 Å². The van der Waals surface area contributed by atoms with Crippen molar-refractivity contribution in [2.75, 3.05) is 13.7 Å². The first-order valence-corrected chi connectivity index (χ1v) is 7.11. The maximum absolute atomic E-state index is 11.7. The van der Waals surface area contributed by atoms with Crippen molar-refractivity contribution in [3.63, 3.8) is 0 Å². The van der Waals surface area contributed by atoms with Gasteiger partial charge in [0.1, 0.15) is 5.75 Å². The summed E-state index contributed by atoms with van der Waals surface area (Å²) < 4.78 is 5.18. The van der Waals surface area contributed by atoms with E-state index < -0.39 is 0 Å². The Kier molecular flexibility index (Phi) is 4.46. The molecule has 0 aromatic heterocycles. The van der Waals surface area contributed by atoms with E-state index in [9.17, 15) is 4.79 Å². The molecule has 1 amide bonds. The molecule has 2 rings (SSSR count). The minimum Gasteiger partial charge on any atom is -0.497 e. The Bertz CT molecular complexity index is 421. The largest absolute Gasteiger partial charge is 0.497 e. The van der Waals surface area contributed by atoms with Crippen molar-refractivity contribution in [1.82, 2.24) is 5.32 Å². The number of hydrogen-bond donors (Lipinski definition) is 1. The number of carbonyl (C=O) groups excluding carboxylic acids is 1. The van der Waals surface area contributed by atoms with Gasteiger partial charge < -0.3 is 10.1 Å². The third-order valence-corrected chi connectivity index (χ3v) is 3.94. The minimum atomic E-state index is 0.175. The highest BCUT2D eigenvalue weighted by molar-refractivity contribution is 5.76. The number of unbranched alkanes of at least 4 members (excludes halogenated alkanes) is 1. The van der Waals surface area contributed by atoms with E-state index in [1.165, 1.54) is 5.56 Å². The summed E-state index contributed by atoms with van der Waals surface area (Å²) in [5.74, 6) is 1.06. The van der Waals surface area contributed by atoms with Crippen molar-refractivity contribution in [2.24, 2.45) is 0 Å². The summed E-state index contributed by atoms with van der Waals surface area (Å²) in [6.07, 6.45) is 5.01. The van der Waals surface area contributed by atoms with Crippen LogP contribution >= 0.6 is 0 Å². The molecule has 1 aromatic carbocycles. The predicted molar refractivity (Wildman–Crippen MR) is 76.4 cm³/mol. The van der Waals surface area contributed by atoms with Gasteiger partial charge in [-0.15, -0.1) is 0 Å². The van der Waals surface area contributed by atoms with Gasteiger partial charge in [0, 0.05) is 18.4 Å². The summed E-state index contributed by atoms with van der Waals surface area (Å²) in [5, 5.41) is 3.08. The molecule has 1 N–H and O–H groups in total. The standard InChI is InChI=1S/C16H23NO2/c1-3-4-5-15(18)17-12-16(10-11-16)13-6-8-14(19-2)9-7-13/h6-9H,3-5,10-12H2,1-2H3,(H,17,18). The molecule has 0 heterocycles. The first-order valence-electron chi connectivity index (χ1n) is 7.11. The summed E-state index contributed by atoms with van der Waals surface area (Å²) in [7, 11) is 1.68. The Labute approximate surface area is 115 Å². The lowest BCUT2D eigenvalue weighted by atomic mass is 9.96. The number of benzene rings is 1. The van der Waals surface area contributed by atoms with E-state index in [1.807, 2.05) is 12.1 Å². The molecule has 0 radical (unpaired) electrons. The Morgan fingerprint density at radius 2 is 2.00 bits per heavy atom. The van der Waals surface area contributed by atoms with Gasteiger partial charge in [0.15, 0.2) is 0 Å². The van der Waals surface area contributed by atoms with Crippen LogP contribution in [0.1, 0.15) is 44.6 Å². The number of rotatable bonds is 7. The van der Waals surface area contributed by atoms with Gasteiger partial charge in [0.2, 0.25) is 5.91 Å². The lowest BCUT2D eigenvalue weighted by molar-refractivity contribution is -0.121. The minimum absolute atomic E-state index is 0.175. The van der Waals surface area contributed by atoms with Crippen molar-refractivity contribution in [3.05, 3.63) is 29.8 Å². The molecule has 3 heteroatoms. The topological polar surface area (TPSA) is 38.3 Å². The third-order valence-electron chi connectivity index (χ3n) is 3.94. The van der Waals surface area contributed by atoms with Gasteiger partial charge in [-0.05, 0) is 37.0 Å². The van der Waals surface area contributed by atoms with Gasteiger partial charge in [-0.25, -0.2) is 0 Å². The molecule has 0 saturated heterocycles. The zero-order chi connectivity index (χ0) is 13.7. The molecule has 0 bridgehead atoms. The van der Waals surface area contributed by atoms with Crippen LogP contribution in [0.4, 0.5) is 0 Å². The van der Waals surface area contributed by atoms with E-state index in [0.29, 0.717) is 6.42 Å². The quantitative estimate of drug-likeness (QED) is 0.819. The third kappa shape index (κ3) is 3.49. The number of methoxy groups -OCH3 is 1. The Hall–Kier alpha value is -1.51. The molecule has 1 fully saturated rings.